The van der Waals surface area contributed by atoms with E-state index in [9.17, 15) is 9.59 Å². The molecule has 1 aliphatic rings. The molecule has 0 unspecified atom stereocenters. The topological polar surface area (TPSA) is 52.6 Å². The number of rotatable bonds is 0. The van der Waals surface area contributed by atoms with E-state index >= 15 is 0 Å². The summed E-state index contributed by atoms with van der Waals surface area (Å²) in [5, 5.41) is 0. The molecule has 1 heterocycles. The zero-order chi connectivity index (χ0) is 6.69. The van der Waals surface area contributed by atoms with Gasteiger partial charge in [0.2, 0.25) is 0 Å². The molecule has 1 rings (SSSR count). The van der Waals surface area contributed by atoms with Crippen LogP contribution in [-0.4, -0.2) is 37.1 Å². The molecule has 0 N–H and O–H groups in total. The minimum atomic E-state index is -1.93. The summed E-state index contributed by atoms with van der Waals surface area (Å²) in [5.41, 5.74) is 0. The summed E-state index contributed by atoms with van der Waals surface area (Å²) in [7, 11) is 0. The average molecular weight is 318 g/mol. The van der Waals surface area contributed by atoms with Crippen LogP contribution in [0, 0.1) is 0 Å². The molecule has 0 fully saturated rings. The molecule has 4 nitrogen and oxygen atoms in total. The second-order valence-corrected chi connectivity index (χ2v) is 3.88. The summed E-state index contributed by atoms with van der Waals surface area (Å²) < 4.78 is 9.03. The van der Waals surface area contributed by atoms with Crippen molar-refractivity contribution in [3.05, 3.63) is 12.2 Å². The Kier molecular flexibility index (Phi) is 2.20. The Labute approximate surface area is 64.3 Å². The van der Waals surface area contributed by atoms with E-state index in [4.69, 9.17) is 0 Å². The van der Waals surface area contributed by atoms with Crippen molar-refractivity contribution in [2.45, 2.75) is 0 Å². The van der Waals surface area contributed by atoms with Crippen LogP contribution in [0.1, 0.15) is 0 Å². The van der Waals surface area contributed by atoms with Gasteiger partial charge in [-0.15, -0.1) is 0 Å². The van der Waals surface area contributed by atoms with Gasteiger partial charge in [-0.2, -0.15) is 0 Å². The molecule has 0 bridgehead atoms. The first-order valence-corrected chi connectivity index (χ1v) is 5.86. The van der Waals surface area contributed by atoms with E-state index in [0.29, 0.717) is 0 Å². The van der Waals surface area contributed by atoms with Crippen LogP contribution >= 0.6 is 0 Å². The molecule has 0 saturated carbocycles. The molecule has 45 valence electrons. The molecule has 9 heavy (non-hydrogen) atoms. The zero-order valence-electron chi connectivity index (χ0n) is 4.37. The van der Waals surface area contributed by atoms with Gasteiger partial charge >= 0.3 is 64.2 Å². The summed E-state index contributed by atoms with van der Waals surface area (Å²) in [6.07, 6.45) is 2.15. The van der Waals surface area contributed by atoms with Crippen molar-refractivity contribution >= 4 is 37.1 Å². The fourth-order valence-corrected chi connectivity index (χ4v) is 1.87. The second-order valence-electron chi connectivity index (χ2n) is 1.30. The Morgan fingerprint density at radius 1 is 1.11 bits per heavy atom. The normalized spacial score (nSPS) is 16.4. The Morgan fingerprint density at radius 2 is 1.56 bits per heavy atom. The SMILES string of the molecule is O=C1C=CC(=O)[O][Tl][O]1. The summed E-state index contributed by atoms with van der Waals surface area (Å²) >= 11 is -1.93. The van der Waals surface area contributed by atoms with Crippen LogP contribution in [-0.2, 0) is 15.0 Å². The van der Waals surface area contributed by atoms with Crippen molar-refractivity contribution in [2.75, 3.05) is 0 Å². The second kappa shape index (κ2) is 2.95. The van der Waals surface area contributed by atoms with Crippen molar-refractivity contribution < 1.29 is 15.0 Å². The van der Waals surface area contributed by atoms with Gasteiger partial charge in [-0.05, 0) is 0 Å². The van der Waals surface area contributed by atoms with Gasteiger partial charge in [0.05, 0.1) is 0 Å². The zero-order valence-corrected chi connectivity index (χ0v) is 8.85. The average Bonchev–Trinajstić information content (AvgIpc) is 1.97. The molecule has 0 spiro atoms. The maximum absolute atomic E-state index is 10.3. The van der Waals surface area contributed by atoms with Crippen molar-refractivity contribution in [2.24, 2.45) is 0 Å². The summed E-state index contributed by atoms with van der Waals surface area (Å²) in [6, 6.07) is 0. The third-order valence-corrected chi connectivity index (χ3v) is 3.24. The fraction of sp³-hybridized carbons (Fsp3) is 0. The molecule has 0 radical (unpaired) electrons. The molecule has 0 aromatic carbocycles. The Morgan fingerprint density at radius 3 is 2.00 bits per heavy atom. The van der Waals surface area contributed by atoms with Gasteiger partial charge in [-0.1, -0.05) is 0 Å². The molecular weight excluding hydrogens is 316 g/mol. The number of carbonyl (C=O) groups excluding carboxylic acids is 2. The van der Waals surface area contributed by atoms with Crippen molar-refractivity contribution in [1.29, 1.82) is 0 Å². The molecule has 0 aromatic rings. The van der Waals surface area contributed by atoms with Gasteiger partial charge in [-0.3, -0.25) is 0 Å². The Balaban J connectivity index is 2.63. The minimum absolute atomic E-state index is 0.462. The molecule has 0 atom stereocenters. The van der Waals surface area contributed by atoms with Gasteiger partial charge < -0.3 is 0 Å². The number of hydrogen-bond donors (Lipinski definition) is 0. The first kappa shape index (κ1) is 6.72. The molecule has 0 aliphatic carbocycles. The van der Waals surface area contributed by atoms with Crippen LogP contribution in [0.2, 0.25) is 0 Å². The molecule has 5 heteroatoms. The van der Waals surface area contributed by atoms with E-state index < -0.39 is 37.1 Å². The predicted molar refractivity (Wildman–Crippen MR) is 27.1 cm³/mol. The van der Waals surface area contributed by atoms with E-state index in [1.165, 1.54) is 0 Å². The molecule has 1 aliphatic heterocycles. The van der Waals surface area contributed by atoms with Crippen LogP contribution in [0.5, 0.6) is 0 Å². The van der Waals surface area contributed by atoms with Crippen LogP contribution in [0.25, 0.3) is 0 Å². The van der Waals surface area contributed by atoms with Gasteiger partial charge in [0.1, 0.15) is 0 Å². The quantitative estimate of drug-likeness (QED) is 0.548. The Bertz CT molecular complexity index is 155. The van der Waals surface area contributed by atoms with Gasteiger partial charge in [0.25, 0.3) is 0 Å². The number of hydrogen-bond acceptors (Lipinski definition) is 4. The monoisotopic (exact) mass is 319 g/mol. The summed E-state index contributed by atoms with van der Waals surface area (Å²) in [5.74, 6) is -0.924. The van der Waals surface area contributed by atoms with Crippen molar-refractivity contribution in [1.82, 2.24) is 0 Å². The van der Waals surface area contributed by atoms with Crippen molar-refractivity contribution in [3.63, 3.8) is 0 Å². The summed E-state index contributed by atoms with van der Waals surface area (Å²) in [6.45, 7) is 0. The first-order chi connectivity index (χ1) is 4.29. The van der Waals surface area contributed by atoms with Gasteiger partial charge in [-0.25, -0.2) is 0 Å². The van der Waals surface area contributed by atoms with E-state index in [1.54, 1.807) is 0 Å². The molecule has 0 amide bonds. The molecular formula is C4H2O4Tl. The molecule has 0 saturated heterocycles. The maximum atomic E-state index is 10.3. The van der Waals surface area contributed by atoms with Crippen LogP contribution in [0.15, 0.2) is 12.2 Å². The van der Waals surface area contributed by atoms with Crippen LogP contribution in [0.4, 0.5) is 0 Å². The van der Waals surface area contributed by atoms with E-state index in [1.807, 2.05) is 0 Å². The first-order valence-electron chi connectivity index (χ1n) is 2.20. The van der Waals surface area contributed by atoms with E-state index in [2.05, 4.69) is 5.37 Å². The Hall–Kier alpha value is -0.398. The van der Waals surface area contributed by atoms with E-state index in [-0.39, 0.29) is 0 Å². The third kappa shape index (κ3) is 2.12. The standard InChI is InChI=1S/C4H4O4.Tl/c5-3(6)1-2-4(7)8;/h1-2H,(H,5,6)(H,7,8);/q;+2/p-2. The molecule has 0 aromatic heterocycles. The third-order valence-electron chi connectivity index (χ3n) is 0.684. The van der Waals surface area contributed by atoms with Gasteiger partial charge in [0.15, 0.2) is 0 Å². The van der Waals surface area contributed by atoms with Gasteiger partial charge in [0, 0.05) is 0 Å². The predicted octanol–water partition coefficient (Wildman–Crippen LogP) is -0.823. The number of carbonyl (C=O) groups is 2. The van der Waals surface area contributed by atoms with Crippen LogP contribution in [0.3, 0.4) is 0 Å². The fourth-order valence-electron chi connectivity index (χ4n) is 0.334. The van der Waals surface area contributed by atoms with Crippen LogP contribution < -0.4 is 0 Å². The van der Waals surface area contributed by atoms with Crippen molar-refractivity contribution in [3.8, 4) is 0 Å². The van der Waals surface area contributed by atoms with E-state index in [0.717, 1.165) is 12.2 Å². The summed E-state index contributed by atoms with van der Waals surface area (Å²) in [4.78, 5) is 20.7.